The minimum absolute atomic E-state index is 0.335. The molecule has 0 spiro atoms. The molecule has 5 nitrogen and oxygen atoms in total. The van der Waals surface area contributed by atoms with Gasteiger partial charge in [-0.3, -0.25) is 15.1 Å². The monoisotopic (exact) mass is 273 g/mol. The van der Waals surface area contributed by atoms with E-state index in [1.807, 2.05) is 0 Å². The molecule has 0 saturated heterocycles. The Morgan fingerprint density at radius 3 is 2.65 bits per heavy atom. The standard InChI is InChI=1S/C15H23N5/c1-9-15(10(2)17-16-9)11(3)20(4)8-13-7-14(19-18-13)12-5-6-12/h7,11-12H,5-6,8H2,1-4H3,(H,16,17)(H,18,19). The van der Waals surface area contributed by atoms with Gasteiger partial charge >= 0.3 is 0 Å². The predicted molar refractivity (Wildman–Crippen MR) is 78.5 cm³/mol. The summed E-state index contributed by atoms with van der Waals surface area (Å²) in [4.78, 5) is 2.33. The fraction of sp³-hybridized carbons (Fsp3) is 0.600. The Hall–Kier alpha value is -1.62. The van der Waals surface area contributed by atoms with Crippen LogP contribution in [0, 0.1) is 13.8 Å². The third kappa shape index (κ3) is 2.50. The Morgan fingerprint density at radius 1 is 1.30 bits per heavy atom. The fourth-order valence-electron chi connectivity index (χ4n) is 2.85. The first kappa shape index (κ1) is 13.4. The van der Waals surface area contributed by atoms with Crippen molar-refractivity contribution < 1.29 is 0 Å². The third-order valence-corrected chi connectivity index (χ3v) is 4.33. The highest BCUT2D eigenvalue weighted by molar-refractivity contribution is 5.27. The zero-order chi connectivity index (χ0) is 14.3. The van der Waals surface area contributed by atoms with Crippen molar-refractivity contribution in [3.63, 3.8) is 0 Å². The Kier molecular flexibility index (Phi) is 3.38. The van der Waals surface area contributed by atoms with Crippen molar-refractivity contribution in [3.05, 3.63) is 34.4 Å². The van der Waals surface area contributed by atoms with Crippen LogP contribution in [0.5, 0.6) is 0 Å². The number of hydrogen-bond donors (Lipinski definition) is 2. The van der Waals surface area contributed by atoms with E-state index in [9.17, 15) is 0 Å². The zero-order valence-corrected chi connectivity index (χ0v) is 12.7. The summed E-state index contributed by atoms with van der Waals surface area (Å²) in [5.41, 5.74) is 5.97. The first-order valence-electron chi connectivity index (χ1n) is 7.32. The van der Waals surface area contributed by atoms with Gasteiger partial charge in [-0.1, -0.05) is 0 Å². The van der Waals surface area contributed by atoms with E-state index in [-0.39, 0.29) is 0 Å². The summed E-state index contributed by atoms with van der Waals surface area (Å²) in [6.07, 6.45) is 2.59. The number of hydrogen-bond acceptors (Lipinski definition) is 3. The van der Waals surface area contributed by atoms with E-state index in [1.54, 1.807) is 0 Å². The van der Waals surface area contributed by atoms with E-state index in [4.69, 9.17) is 0 Å². The van der Waals surface area contributed by atoms with Crippen LogP contribution in [0.15, 0.2) is 6.07 Å². The number of H-pyrrole nitrogens is 2. The van der Waals surface area contributed by atoms with Crippen LogP contribution >= 0.6 is 0 Å². The van der Waals surface area contributed by atoms with Gasteiger partial charge in [0, 0.05) is 35.5 Å². The molecular weight excluding hydrogens is 250 g/mol. The van der Waals surface area contributed by atoms with E-state index in [0.717, 1.165) is 17.9 Å². The molecule has 1 fully saturated rings. The van der Waals surface area contributed by atoms with Gasteiger partial charge in [0.05, 0.1) is 11.4 Å². The highest BCUT2D eigenvalue weighted by Crippen LogP contribution is 2.39. The fourth-order valence-corrected chi connectivity index (χ4v) is 2.85. The van der Waals surface area contributed by atoms with Crippen molar-refractivity contribution in [1.82, 2.24) is 25.3 Å². The summed E-state index contributed by atoms with van der Waals surface area (Å²) in [5.74, 6) is 0.709. The number of nitrogens with one attached hydrogen (secondary N) is 2. The lowest BCUT2D eigenvalue weighted by Gasteiger charge is -2.24. The molecule has 1 unspecified atom stereocenters. The summed E-state index contributed by atoms with van der Waals surface area (Å²) >= 11 is 0. The molecule has 2 heterocycles. The van der Waals surface area contributed by atoms with Gasteiger partial charge in [0.25, 0.3) is 0 Å². The summed E-state index contributed by atoms with van der Waals surface area (Å²) in [5, 5.41) is 14.9. The van der Waals surface area contributed by atoms with Gasteiger partial charge in [-0.05, 0) is 46.7 Å². The molecule has 0 radical (unpaired) electrons. The molecule has 3 rings (SSSR count). The molecule has 0 bridgehead atoms. The largest absolute Gasteiger partial charge is 0.294 e. The molecule has 0 aliphatic heterocycles. The Balaban J connectivity index is 1.70. The van der Waals surface area contributed by atoms with Crippen molar-refractivity contribution >= 4 is 0 Å². The maximum absolute atomic E-state index is 4.42. The van der Waals surface area contributed by atoms with Gasteiger partial charge in [0.1, 0.15) is 0 Å². The minimum Gasteiger partial charge on any atom is -0.294 e. The van der Waals surface area contributed by atoms with Gasteiger partial charge in [-0.25, -0.2) is 0 Å². The summed E-state index contributed by atoms with van der Waals surface area (Å²) in [6.45, 7) is 7.25. The van der Waals surface area contributed by atoms with E-state index >= 15 is 0 Å². The normalized spacial score (nSPS) is 16.9. The van der Waals surface area contributed by atoms with E-state index in [0.29, 0.717) is 12.0 Å². The van der Waals surface area contributed by atoms with Crippen LogP contribution < -0.4 is 0 Å². The maximum atomic E-state index is 4.42. The summed E-state index contributed by atoms with van der Waals surface area (Å²) in [7, 11) is 2.15. The molecule has 0 aromatic carbocycles. The van der Waals surface area contributed by atoms with E-state index in [2.05, 4.69) is 59.2 Å². The van der Waals surface area contributed by atoms with Gasteiger partial charge in [-0.15, -0.1) is 0 Å². The number of aromatic amines is 2. The minimum atomic E-state index is 0.335. The number of rotatable bonds is 5. The quantitative estimate of drug-likeness (QED) is 0.880. The van der Waals surface area contributed by atoms with E-state index in [1.165, 1.54) is 29.8 Å². The number of aryl methyl sites for hydroxylation is 2. The van der Waals surface area contributed by atoms with Crippen LogP contribution in [0.25, 0.3) is 0 Å². The Labute approximate surface area is 119 Å². The van der Waals surface area contributed by atoms with Crippen molar-refractivity contribution in [2.24, 2.45) is 0 Å². The SMILES string of the molecule is Cc1n[nH]c(C)c1C(C)N(C)Cc1cc(C2CC2)n[nH]1. The lowest BCUT2D eigenvalue weighted by atomic mass is 10.1. The molecule has 20 heavy (non-hydrogen) atoms. The van der Waals surface area contributed by atoms with Crippen molar-refractivity contribution in [1.29, 1.82) is 0 Å². The molecule has 1 aliphatic rings. The average molecular weight is 273 g/mol. The van der Waals surface area contributed by atoms with Crippen molar-refractivity contribution in [3.8, 4) is 0 Å². The molecule has 108 valence electrons. The molecule has 0 amide bonds. The number of nitrogens with zero attached hydrogens (tertiary/aromatic N) is 3. The summed E-state index contributed by atoms with van der Waals surface area (Å²) in [6, 6.07) is 2.55. The highest BCUT2D eigenvalue weighted by atomic mass is 15.2. The van der Waals surface area contributed by atoms with Gasteiger partial charge in [0.2, 0.25) is 0 Å². The predicted octanol–water partition coefficient (Wildman–Crippen LogP) is 2.82. The molecule has 2 aromatic rings. The van der Waals surface area contributed by atoms with Crippen LogP contribution in [-0.4, -0.2) is 32.3 Å². The lowest BCUT2D eigenvalue weighted by Crippen LogP contribution is -2.23. The first-order valence-corrected chi connectivity index (χ1v) is 7.32. The van der Waals surface area contributed by atoms with Crippen LogP contribution in [-0.2, 0) is 6.54 Å². The third-order valence-electron chi connectivity index (χ3n) is 4.33. The second-order valence-electron chi connectivity index (χ2n) is 6.03. The van der Waals surface area contributed by atoms with Gasteiger partial charge < -0.3 is 0 Å². The number of aromatic nitrogens is 4. The molecule has 1 aliphatic carbocycles. The molecule has 2 N–H and O–H groups in total. The van der Waals surface area contributed by atoms with Crippen molar-refractivity contribution in [2.45, 2.75) is 52.1 Å². The van der Waals surface area contributed by atoms with Crippen LogP contribution in [0.4, 0.5) is 0 Å². The van der Waals surface area contributed by atoms with Gasteiger partial charge in [0.15, 0.2) is 0 Å². The first-order chi connectivity index (χ1) is 9.56. The average Bonchev–Trinajstić information content (AvgIpc) is 3.08. The van der Waals surface area contributed by atoms with Crippen LogP contribution in [0.2, 0.25) is 0 Å². The zero-order valence-electron chi connectivity index (χ0n) is 12.7. The van der Waals surface area contributed by atoms with Crippen molar-refractivity contribution in [2.75, 3.05) is 7.05 Å². The van der Waals surface area contributed by atoms with Crippen LogP contribution in [0.3, 0.4) is 0 Å². The second kappa shape index (κ2) is 5.05. The maximum Gasteiger partial charge on any atom is 0.0656 e. The smallest absolute Gasteiger partial charge is 0.0656 e. The van der Waals surface area contributed by atoms with Crippen LogP contribution in [0.1, 0.15) is 60.1 Å². The molecule has 5 heteroatoms. The topological polar surface area (TPSA) is 60.6 Å². The van der Waals surface area contributed by atoms with E-state index < -0.39 is 0 Å². The molecular formula is C15H23N5. The lowest BCUT2D eigenvalue weighted by molar-refractivity contribution is 0.248. The second-order valence-corrected chi connectivity index (χ2v) is 6.03. The Bertz CT molecular complexity index is 574. The highest BCUT2D eigenvalue weighted by Gasteiger charge is 2.26. The van der Waals surface area contributed by atoms with Gasteiger partial charge in [-0.2, -0.15) is 10.2 Å². The molecule has 2 aromatic heterocycles. The summed E-state index contributed by atoms with van der Waals surface area (Å²) < 4.78 is 0. The Morgan fingerprint density at radius 2 is 2.05 bits per heavy atom. The molecule has 1 atom stereocenters. The molecule has 1 saturated carbocycles.